The number of hydrogen-bond donors (Lipinski definition) is 1. The van der Waals surface area contributed by atoms with E-state index in [4.69, 9.17) is 9.15 Å². The third-order valence-corrected chi connectivity index (χ3v) is 4.07. The fraction of sp³-hybridized carbons (Fsp3) is 0. The summed E-state index contributed by atoms with van der Waals surface area (Å²) in [6.45, 7) is 0. The SMILES string of the molecule is O=c1[nH]c(Oc2cccc(-c3nnco3)c2)nc2c1cnn2-c1ccccc1. The highest BCUT2D eigenvalue weighted by atomic mass is 16.5. The van der Waals surface area contributed by atoms with Crippen molar-refractivity contribution in [2.75, 3.05) is 0 Å². The van der Waals surface area contributed by atoms with Crippen LogP contribution in [0.15, 0.2) is 76.4 Å². The first-order valence-corrected chi connectivity index (χ1v) is 8.36. The number of ether oxygens (including phenoxy) is 1. The third-order valence-electron chi connectivity index (χ3n) is 4.07. The minimum Gasteiger partial charge on any atom is -0.426 e. The van der Waals surface area contributed by atoms with E-state index in [0.29, 0.717) is 28.2 Å². The van der Waals surface area contributed by atoms with Gasteiger partial charge in [0.15, 0.2) is 5.65 Å². The van der Waals surface area contributed by atoms with Gasteiger partial charge >= 0.3 is 6.01 Å². The van der Waals surface area contributed by atoms with Gasteiger partial charge in [0.1, 0.15) is 11.1 Å². The lowest BCUT2D eigenvalue weighted by Gasteiger charge is -2.06. The van der Waals surface area contributed by atoms with Gasteiger partial charge in [0, 0.05) is 5.56 Å². The van der Waals surface area contributed by atoms with Crippen LogP contribution in [0.4, 0.5) is 0 Å². The fourth-order valence-electron chi connectivity index (χ4n) is 2.81. The Morgan fingerprint density at radius 3 is 2.79 bits per heavy atom. The highest BCUT2D eigenvalue weighted by Crippen LogP contribution is 2.25. The van der Waals surface area contributed by atoms with Crippen molar-refractivity contribution < 1.29 is 9.15 Å². The molecule has 0 aliphatic rings. The van der Waals surface area contributed by atoms with Crippen LogP contribution in [0.25, 0.3) is 28.2 Å². The summed E-state index contributed by atoms with van der Waals surface area (Å²) >= 11 is 0. The number of aromatic amines is 1. The molecule has 28 heavy (non-hydrogen) atoms. The van der Waals surface area contributed by atoms with Crippen LogP contribution in [-0.2, 0) is 0 Å². The highest BCUT2D eigenvalue weighted by molar-refractivity contribution is 5.75. The maximum absolute atomic E-state index is 12.4. The highest BCUT2D eigenvalue weighted by Gasteiger charge is 2.13. The quantitative estimate of drug-likeness (QED) is 0.516. The molecule has 9 nitrogen and oxygen atoms in total. The van der Waals surface area contributed by atoms with Gasteiger partial charge < -0.3 is 9.15 Å². The second-order valence-corrected chi connectivity index (χ2v) is 5.87. The Bertz CT molecular complexity index is 1310. The van der Waals surface area contributed by atoms with Crippen molar-refractivity contribution in [1.82, 2.24) is 29.9 Å². The van der Waals surface area contributed by atoms with E-state index in [-0.39, 0.29) is 11.6 Å². The molecular formula is C19H12N6O3. The molecule has 0 aliphatic carbocycles. The topological polar surface area (TPSA) is 112 Å². The number of fused-ring (bicyclic) bond motifs is 1. The molecule has 0 radical (unpaired) electrons. The molecule has 0 saturated carbocycles. The molecule has 0 unspecified atom stereocenters. The molecule has 5 aromatic rings. The molecule has 9 heteroatoms. The normalized spacial score (nSPS) is 11.0. The molecule has 0 spiro atoms. The number of benzene rings is 2. The van der Waals surface area contributed by atoms with Gasteiger partial charge in [0.25, 0.3) is 5.56 Å². The van der Waals surface area contributed by atoms with E-state index in [9.17, 15) is 4.79 Å². The van der Waals surface area contributed by atoms with Crippen LogP contribution >= 0.6 is 0 Å². The molecule has 3 aromatic heterocycles. The maximum atomic E-state index is 12.4. The van der Waals surface area contributed by atoms with Crippen molar-refractivity contribution in [3.63, 3.8) is 0 Å². The molecule has 3 heterocycles. The summed E-state index contributed by atoms with van der Waals surface area (Å²) in [6.07, 6.45) is 2.73. The maximum Gasteiger partial charge on any atom is 0.304 e. The van der Waals surface area contributed by atoms with E-state index in [1.165, 1.54) is 12.6 Å². The Balaban J connectivity index is 1.55. The van der Waals surface area contributed by atoms with Gasteiger partial charge in [-0.3, -0.25) is 9.78 Å². The van der Waals surface area contributed by atoms with Gasteiger partial charge in [-0.1, -0.05) is 24.3 Å². The summed E-state index contributed by atoms with van der Waals surface area (Å²) in [6, 6.07) is 16.5. The predicted molar refractivity (Wildman–Crippen MR) is 99.3 cm³/mol. The Morgan fingerprint density at radius 2 is 1.96 bits per heavy atom. The molecule has 0 bridgehead atoms. The van der Waals surface area contributed by atoms with Crippen molar-refractivity contribution >= 4 is 11.0 Å². The van der Waals surface area contributed by atoms with Gasteiger partial charge in [-0.05, 0) is 30.3 Å². The molecule has 5 rings (SSSR count). The molecule has 1 N–H and O–H groups in total. The number of aromatic nitrogens is 6. The lowest BCUT2D eigenvalue weighted by molar-refractivity contribution is 0.442. The van der Waals surface area contributed by atoms with Crippen molar-refractivity contribution in [1.29, 1.82) is 0 Å². The number of H-pyrrole nitrogens is 1. The monoisotopic (exact) mass is 372 g/mol. The Kier molecular flexibility index (Phi) is 3.68. The molecule has 0 atom stereocenters. The van der Waals surface area contributed by atoms with Crippen LogP contribution in [0.1, 0.15) is 0 Å². The minimum absolute atomic E-state index is 0.0536. The van der Waals surface area contributed by atoms with E-state index >= 15 is 0 Å². The van der Waals surface area contributed by atoms with Gasteiger partial charge in [0.05, 0.1) is 11.9 Å². The third kappa shape index (κ3) is 2.80. The largest absolute Gasteiger partial charge is 0.426 e. The number of nitrogens with zero attached hydrogens (tertiary/aromatic N) is 5. The standard InChI is InChI=1S/C19H12N6O3/c26-17-15-10-21-25(13-6-2-1-3-7-13)16(15)22-19(23-17)28-14-8-4-5-12(9-14)18-24-20-11-27-18/h1-11H,(H,22,23,26). The Morgan fingerprint density at radius 1 is 1.07 bits per heavy atom. The van der Waals surface area contributed by atoms with E-state index in [2.05, 4.69) is 25.3 Å². The van der Waals surface area contributed by atoms with Crippen molar-refractivity contribution in [2.45, 2.75) is 0 Å². The summed E-state index contributed by atoms with van der Waals surface area (Å²) in [5.74, 6) is 0.827. The van der Waals surface area contributed by atoms with Gasteiger partial charge in [0.2, 0.25) is 12.3 Å². The van der Waals surface area contributed by atoms with Crippen LogP contribution in [-0.4, -0.2) is 29.9 Å². The van der Waals surface area contributed by atoms with Crippen molar-refractivity contribution in [3.05, 3.63) is 77.5 Å². The average molecular weight is 372 g/mol. The molecule has 0 amide bonds. The second kappa shape index (κ2) is 6.47. The summed E-state index contributed by atoms with van der Waals surface area (Å²) in [5, 5.41) is 12.2. The zero-order valence-electron chi connectivity index (χ0n) is 14.3. The molecule has 0 fully saturated rings. The van der Waals surface area contributed by atoms with Crippen LogP contribution in [0, 0.1) is 0 Å². The van der Waals surface area contributed by atoms with E-state index in [0.717, 1.165) is 5.69 Å². The van der Waals surface area contributed by atoms with Gasteiger partial charge in [-0.2, -0.15) is 10.1 Å². The Hall–Kier alpha value is -4.27. The molecular weight excluding hydrogens is 360 g/mol. The average Bonchev–Trinajstić information content (AvgIpc) is 3.39. The number of rotatable bonds is 4. The lowest BCUT2D eigenvalue weighted by atomic mass is 10.2. The zero-order chi connectivity index (χ0) is 18.9. The van der Waals surface area contributed by atoms with E-state index in [1.807, 2.05) is 36.4 Å². The molecule has 2 aromatic carbocycles. The summed E-state index contributed by atoms with van der Waals surface area (Å²) < 4.78 is 12.6. The molecule has 0 aliphatic heterocycles. The fourth-order valence-corrected chi connectivity index (χ4v) is 2.81. The smallest absolute Gasteiger partial charge is 0.304 e. The first-order chi connectivity index (χ1) is 13.8. The Labute approximate surface area is 157 Å². The second-order valence-electron chi connectivity index (χ2n) is 5.87. The molecule has 0 saturated heterocycles. The van der Waals surface area contributed by atoms with E-state index in [1.54, 1.807) is 22.9 Å². The van der Waals surface area contributed by atoms with Crippen LogP contribution in [0.5, 0.6) is 11.8 Å². The number of nitrogens with one attached hydrogen (secondary N) is 1. The first-order valence-electron chi connectivity index (χ1n) is 8.36. The van der Waals surface area contributed by atoms with Crippen LogP contribution in [0.2, 0.25) is 0 Å². The summed E-state index contributed by atoms with van der Waals surface area (Å²) in [5.41, 5.74) is 1.54. The van der Waals surface area contributed by atoms with E-state index < -0.39 is 0 Å². The predicted octanol–water partition coefficient (Wildman–Crippen LogP) is 2.95. The summed E-state index contributed by atoms with van der Waals surface area (Å²) in [7, 11) is 0. The van der Waals surface area contributed by atoms with Crippen LogP contribution < -0.4 is 10.3 Å². The molecule has 136 valence electrons. The zero-order valence-corrected chi connectivity index (χ0v) is 14.3. The number of para-hydroxylation sites is 1. The minimum atomic E-state index is -0.338. The van der Waals surface area contributed by atoms with Gasteiger partial charge in [-0.25, -0.2) is 4.68 Å². The summed E-state index contributed by atoms with van der Waals surface area (Å²) in [4.78, 5) is 19.5. The van der Waals surface area contributed by atoms with Crippen molar-refractivity contribution in [3.8, 4) is 28.9 Å². The number of hydrogen-bond acceptors (Lipinski definition) is 7. The van der Waals surface area contributed by atoms with Crippen LogP contribution in [0.3, 0.4) is 0 Å². The van der Waals surface area contributed by atoms with Gasteiger partial charge in [-0.15, -0.1) is 10.2 Å². The first kappa shape index (κ1) is 15.9. The lowest BCUT2D eigenvalue weighted by Crippen LogP contribution is -2.10. The van der Waals surface area contributed by atoms with Crippen molar-refractivity contribution in [2.24, 2.45) is 0 Å².